The van der Waals surface area contributed by atoms with Gasteiger partial charge in [0.15, 0.2) is 5.57 Å². The molecule has 0 bridgehead atoms. The summed E-state index contributed by atoms with van der Waals surface area (Å²) in [6.45, 7) is 10.9. The lowest BCUT2D eigenvalue weighted by molar-refractivity contribution is -0.123. The third-order valence-electron chi connectivity index (χ3n) is 5.27. The van der Waals surface area contributed by atoms with Crippen molar-refractivity contribution in [3.8, 4) is 6.07 Å². The largest absolute Gasteiger partial charge is 0.394 e. The van der Waals surface area contributed by atoms with Gasteiger partial charge in [0, 0.05) is 29.5 Å². The molecule has 2 rings (SSSR count). The molecule has 1 atom stereocenters. The Hall–Kier alpha value is -3.42. The van der Waals surface area contributed by atoms with Crippen LogP contribution in [0, 0.1) is 22.7 Å². The number of rotatable bonds is 8. The third-order valence-corrected chi connectivity index (χ3v) is 6.40. The molecule has 0 fully saturated rings. The Kier molecular flexibility index (Phi) is 9.40. The van der Waals surface area contributed by atoms with E-state index in [9.17, 15) is 24.8 Å². The van der Waals surface area contributed by atoms with Crippen molar-refractivity contribution in [2.45, 2.75) is 54.1 Å². The summed E-state index contributed by atoms with van der Waals surface area (Å²) >= 11 is 1.03. The number of anilines is 2. The number of nitriles is 1. The van der Waals surface area contributed by atoms with Gasteiger partial charge in [0.1, 0.15) is 15.3 Å². The van der Waals surface area contributed by atoms with Crippen LogP contribution in [0.3, 0.4) is 0 Å². The highest BCUT2D eigenvalue weighted by molar-refractivity contribution is 7.07. The molecule has 9 nitrogen and oxygen atoms in total. The summed E-state index contributed by atoms with van der Waals surface area (Å²) in [4.78, 5) is 38.0. The minimum atomic E-state index is -0.634. The van der Waals surface area contributed by atoms with Crippen molar-refractivity contribution < 1.29 is 14.7 Å². The number of thiazole rings is 1. The normalized spacial score (nSPS) is 13.7. The van der Waals surface area contributed by atoms with Gasteiger partial charge in [-0.1, -0.05) is 40.7 Å². The van der Waals surface area contributed by atoms with Crippen molar-refractivity contribution in [2.24, 2.45) is 11.3 Å². The maximum absolute atomic E-state index is 12.9. The SMILES string of the molecule is CCn1c(=C(C#N)C(=O)N[C@H](CO)C(C)C)sc(=CNc2cccc(NC(=O)C(C)(C)C)c2)c1=O. The molecule has 0 aliphatic heterocycles. The number of aliphatic hydroxyl groups is 1. The van der Waals surface area contributed by atoms with Crippen LogP contribution in [0.1, 0.15) is 41.5 Å². The van der Waals surface area contributed by atoms with Gasteiger partial charge in [-0.2, -0.15) is 5.26 Å². The van der Waals surface area contributed by atoms with Crippen LogP contribution in [0.5, 0.6) is 0 Å². The predicted molar refractivity (Wildman–Crippen MR) is 139 cm³/mol. The zero-order chi connectivity index (χ0) is 26.3. The summed E-state index contributed by atoms with van der Waals surface area (Å²) in [6.07, 6.45) is 1.52. The number of amides is 2. The van der Waals surface area contributed by atoms with Crippen molar-refractivity contribution in [1.29, 1.82) is 5.26 Å². The highest BCUT2D eigenvalue weighted by Crippen LogP contribution is 2.20. The second-order valence-corrected chi connectivity index (χ2v) is 10.4. The number of nitrogens with one attached hydrogen (secondary N) is 3. The van der Waals surface area contributed by atoms with E-state index in [1.807, 2.05) is 40.7 Å². The van der Waals surface area contributed by atoms with E-state index in [4.69, 9.17) is 0 Å². The first kappa shape index (κ1) is 27.8. The number of hydrogen-bond donors (Lipinski definition) is 4. The van der Waals surface area contributed by atoms with Crippen molar-refractivity contribution in [1.82, 2.24) is 9.88 Å². The molecule has 0 spiro atoms. The molecule has 0 saturated carbocycles. The number of carbonyl (C=O) groups excluding carboxylic acids is 2. The number of benzene rings is 1. The second kappa shape index (κ2) is 11.8. The Bertz CT molecular complexity index is 1290. The van der Waals surface area contributed by atoms with Gasteiger partial charge in [-0.3, -0.25) is 19.0 Å². The van der Waals surface area contributed by atoms with Crippen molar-refractivity contribution in [3.63, 3.8) is 0 Å². The molecule has 2 aromatic rings. The number of carbonyl (C=O) groups is 2. The predicted octanol–water partition coefficient (Wildman–Crippen LogP) is 1.57. The lowest BCUT2D eigenvalue weighted by Gasteiger charge is -2.19. The molecule has 2 amide bonds. The van der Waals surface area contributed by atoms with Gasteiger partial charge in [-0.05, 0) is 31.0 Å². The molecule has 188 valence electrons. The number of aromatic nitrogens is 1. The summed E-state index contributed by atoms with van der Waals surface area (Å²) < 4.78 is 1.94. The quantitative estimate of drug-likeness (QED) is 0.435. The highest BCUT2D eigenvalue weighted by Gasteiger charge is 2.22. The zero-order valence-corrected chi connectivity index (χ0v) is 21.7. The van der Waals surface area contributed by atoms with E-state index in [1.165, 1.54) is 10.8 Å². The molecule has 1 aromatic carbocycles. The molecule has 1 heterocycles. The van der Waals surface area contributed by atoms with Gasteiger partial charge < -0.3 is 21.1 Å². The average molecular weight is 500 g/mol. The van der Waals surface area contributed by atoms with Crippen LogP contribution >= 0.6 is 11.3 Å². The van der Waals surface area contributed by atoms with E-state index in [0.717, 1.165) is 11.3 Å². The standard InChI is InChI=1S/C25H33N5O4S/c1-7-30-22(33)20(35-23(30)18(12-26)21(32)29-19(14-31)15(2)3)13-27-16-9-8-10-17(11-16)28-24(34)25(4,5)6/h8-11,13,15,19,27,31H,7,14H2,1-6H3,(H,28,34)(H,29,32)/t19-/m1/s1. The second-order valence-electron chi connectivity index (χ2n) is 9.39. The first-order chi connectivity index (χ1) is 16.4. The molecule has 0 aliphatic carbocycles. The summed E-state index contributed by atoms with van der Waals surface area (Å²) in [5.41, 5.74) is 0.211. The number of hydrogen-bond acceptors (Lipinski definition) is 7. The molecule has 0 unspecified atom stereocenters. The first-order valence-corrected chi connectivity index (χ1v) is 12.2. The van der Waals surface area contributed by atoms with Crippen molar-refractivity contribution in [2.75, 3.05) is 17.2 Å². The third kappa shape index (κ3) is 7.04. The van der Waals surface area contributed by atoms with E-state index in [2.05, 4.69) is 16.0 Å². The number of aliphatic hydroxyl groups excluding tert-OH is 1. The van der Waals surface area contributed by atoms with E-state index in [-0.39, 0.29) is 40.8 Å². The molecular formula is C25H33N5O4S. The maximum Gasteiger partial charge on any atom is 0.270 e. The van der Waals surface area contributed by atoms with Crippen LogP contribution in [-0.4, -0.2) is 34.1 Å². The fraction of sp³-hybridized carbons (Fsp3) is 0.440. The lowest BCUT2D eigenvalue weighted by atomic mass is 9.95. The monoisotopic (exact) mass is 499 g/mol. The first-order valence-electron chi connectivity index (χ1n) is 11.4. The van der Waals surface area contributed by atoms with Crippen LogP contribution in [0.2, 0.25) is 0 Å². The van der Waals surface area contributed by atoms with Crippen LogP contribution in [0.15, 0.2) is 29.1 Å². The summed E-state index contributed by atoms with van der Waals surface area (Å²) in [6, 6.07) is 8.48. The van der Waals surface area contributed by atoms with E-state index in [0.29, 0.717) is 15.9 Å². The summed E-state index contributed by atoms with van der Waals surface area (Å²) in [7, 11) is 0. The van der Waals surface area contributed by atoms with Crippen molar-refractivity contribution >= 4 is 46.3 Å². The molecular weight excluding hydrogens is 466 g/mol. The Morgan fingerprint density at radius 1 is 1.26 bits per heavy atom. The zero-order valence-electron chi connectivity index (χ0n) is 20.9. The Labute approximate surface area is 208 Å². The molecule has 0 aliphatic rings. The fourth-order valence-corrected chi connectivity index (χ4v) is 4.09. The van der Waals surface area contributed by atoms with Gasteiger partial charge in [-0.25, -0.2) is 0 Å². The number of nitrogens with zero attached hydrogens (tertiary/aromatic N) is 2. The summed E-state index contributed by atoms with van der Waals surface area (Å²) in [5.74, 6) is -0.783. The van der Waals surface area contributed by atoms with Crippen LogP contribution in [0.25, 0.3) is 11.8 Å². The topological polar surface area (TPSA) is 136 Å². The Morgan fingerprint density at radius 2 is 1.91 bits per heavy atom. The molecule has 0 saturated heterocycles. The van der Waals surface area contributed by atoms with Gasteiger partial charge in [-0.15, -0.1) is 11.3 Å². The summed E-state index contributed by atoms with van der Waals surface area (Å²) in [5, 5.41) is 27.8. The molecule has 1 aromatic heterocycles. The molecule has 0 radical (unpaired) electrons. The van der Waals surface area contributed by atoms with Gasteiger partial charge in [0.2, 0.25) is 5.91 Å². The van der Waals surface area contributed by atoms with E-state index >= 15 is 0 Å². The Balaban J connectivity index is 2.43. The van der Waals surface area contributed by atoms with Crippen LogP contribution < -0.4 is 30.7 Å². The minimum Gasteiger partial charge on any atom is -0.394 e. The Morgan fingerprint density at radius 3 is 2.46 bits per heavy atom. The lowest BCUT2D eigenvalue weighted by Crippen LogP contribution is -2.43. The van der Waals surface area contributed by atoms with E-state index in [1.54, 1.807) is 31.2 Å². The molecule has 10 heteroatoms. The van der Waals surface area contributed by atoms with Crippen LogP contribution in [0.4, 0.5) is 11.4 Å². The maximum atomic E-state index is 12.9. The van der Waals surface area contributed by atoms with Gasteiger partial charge in [0.25, 0.3) is 11.5 Å². The van der Waals surface area contributed by atoms with E-state index < -0.39 is 17.4 Å². The smallest absolute Gasteiger partial charge is 0.270 e. The fourth-order valence-electron chi connectivity index (χ4n) is 3.01. The molecule has 35 heavy (non-hydrogen) atoms. The average Bonchev–Trinajstić information content (AvgIpc) is 3.10. The minimum absolute atomic E-state index is 0.0300. The van der Waals surface area contributed by atoms with Gasteiger partial charge in [0.05, 0.1) is 12.6 Å². The van der Waals surface area contributed by atoms with Crippen LogP contribution in [-0.2, 0) is 16.1 Å². The molecule has 4 N–H and O–H groups in total. The van der Waals surface area contributed by atoms with Crippen molar-refractivity contribution in [3.05, 3.63) is 43.8 Å². The highest BCUT2D eigenvalue weighted by atomic mass is 32.1. The van der Waals surface area contributed by atoms with Gasteiger partial charge >= 0.3 is 0 Å².